The zero-order valence-electron chi connectivity index (χ0n) is 11.2. The molecule has 1 aromatic heterocycles. The summed E-state index contributed by atoms with van der Waals surface area (Å²) in [7, 11) is 0. The molecule has 0 fully saturated rings. The molecule has 1 aromatic rings. The van der Waals surface area contributed by atoms with Crippen LogP contribution in [-0.4, -0.2) is 28.7 Å². The van der Waals surface area contributed by atoms with Crippen LogP contribution >= 0.6 is 12.4 Å². The number of hydrogen-bond acceptors (Lipinski definition) is 3. The summed E-state index contributed by atoms with van der Waals surface area (Å²) in [4.78, 5) is 11.9. The first-order chi connectivity index (χ1) is 8.06. The average Bonchev–Trinajstić information content (AvgIpc) is 2.75. The van der Waals surface area contributed by atoms with E-state index in [1.54, 1.807) is 6.07 Å². The lowest BCUT2D eigenvalue weighted by Gasteiger charge is -2.17. The number of hydrogen-bond donors (Lipinski definition) is 3. The number of carbonyl (C=O) groups excluding carboxylic acids is 1. The van der Waals surface area contributed by atoms with Gasteiger partial charge in [-0.2, -0.15) is 5.10 Å². The molecule has 0 aliphatic carbocycles. The fourth-order valence-electron chi connectivity index (χ4n) is 1.70. The number of nitrogens with two attached hydrogens (primary N) is 1. The fourth-order valence-corrected chi connectivity index (χ4v) is 1.70. The maximum atomic E-state index is 11.9. The molecule has 1 atom stereocenters. The van der Waals surface area contributed by atoms with Gasteiger partial charge in [0.2, 0.25) is 0 Å². The maximum Gasteiger partial charge on any atom is 0.272 e. The second kappa shape index (κ2) is 8.11. The van der Waals surface area contributed by atoms with Crippen LogP contribution in [0, 0.1) is 5.92 Å². The Labute approximate surface area is 114 Å². The van der Waals surface area contributed by atoms with Gasteiger partial charge < -0.3 is 11.1 Å². The van der Waals surface area contributed by atoms with E-state index >= 15 is 0 Å². The second-order valence-corrected chi connectivity index (χ2v) is 4.67. The number of nitrogens with one attached hydrogen (secondary N) is 2. The van der Waals surface area contributed by atoms with E-state index in [0.717, 1.165) is 18.5 Å². The molecule has 0 aliphatic heterocycles. The van der Waals surface area contributed by atoms with E-state index in [2.05, 4.69) is 29.4 Å². The van der Waals surface area contributed by atoms with Crippen molar-refractivity contribution in [3.63, 3.8) is 0 Å². The summed E-state index contributed by atoms with van der Waals surface area (Å²) < 4.78 is 0. The van der Waals surface area contributed by atoms with Crippen LogP contribution in [-0.2, 0) is 6.42 Å². The van der Waals surface area contributed by atoms with Crippen molar-refractivity contribution in [2.24, 2.45) is 11.7 Å². The van der Waals surface area contributed by atoms with Crippen LogP contribution in [0.15, 0.2) is 6.07 Å². The Morgan fingerprint density at radius 2 is 2.22 bits per heavy atom. The first kappa shape index (κ1) is 16.9. The zero-order valence-corrected chi connectivity index (χ0v) is 12.0. The van der Waals surface area contributed by atoms with Gasteiger partial charge in [0.25, 0.3) is 5.91 Å². The van der Waals surface area contributed by atoms with Gasteiger partial charge in [-0.15, -0.1) is 12.4 Å². The normalized spacial score (nSPS) is 12.1. The molecule has 5 nitrogen and oxygen atoms in total. The lowest BCUT2D eigenvalue weighted by molar-refractivity contribution is 0.0928. The van der Waals surface area contributed by atoms with Crippen LogP contribution in [0.1, 0.15) is 43.4 Å². The molecule has 0 radical (unpaired) electrons. The molecule has 4 N–H and O–H groups in total. The second-order valence-electron chi connectivity index (χ2n) is 4.67. The van der Waals surface area contributed by atoms with E-state index in [1.165, 1.54) is 0 Å². The van der Waals surface area contributed by atoms with Crippen molar-refractivity contribution < 1.29 is 4.79 Å². The molecule has 1 unspecified atom stereocenters. The van der Waals surface area contributed by atoms with Crippen molar-refractivity contribution in [1.29, 1.82) is 0 Å². The summed E-state index contributed by atoms with van der Waals surface area (Å²) >= 11 is 0. The molecule has 1 rings (SSSR count). The van der Waals surface area contributed by atoms with Crippen LogP contribution in [0.4, 0.5) is 0 Å². The summed E-state index contributed by atoms with van der Waals surface area (Å²) in [5, 5.41) is 9.71. The van der Waals surface area contributed by atoms with Gasteiger partial charge in [0.15, 0.2) is 0 Å². The van der Waals surface area contributed by atoms with Crippen LogP contribution in [0.25, 0.3) is 0 Å². The van der Waals surface area contributed by atoms with Gasteiger partial charge in [-0.1, -0.05) is 20.8 Å². The number of halogens is 1. The van der Waals surface area contributed by atoms with Crippen molar-refractivity contribution in [2.75, 3.05) is 6.54 Å². The molecular weight excluding hydrogens is 252 g/mol. The maximum absolute atomic E-state index is 11.9. The van der Waals surface area contributed by atoms with Crippen molar-refractivity contribution in [3.8, 4) is 0 Å². The molecule has 18 heavy (non-hydrogen) atoms. The minimum absolute atomic E-state index is 0. The third kappa shape index (κ3) is 5.06. The Balaban J connectivity index is 0.00000289. The number of aromatic nitrogens is 2. The lowest BCUT2D eigenvalue weighted by Crippen LogP contribution is -2.41. The Hall–Kier alpha value is -1.07. The zero-order chi connectivity index (χ0) is 12.8. The summed E-state index contributed by atoms with van der Waals surface area (Å²) in [5.74, 6) is 0.353. The number of carbonyl (C=O) groups is 1. The molecule has 104 valence electrons. The van der Waals surface area contributed by atoms with Crippen molar-refractivity contribution in [1.82, 2.24) is 15.5 Å². The highest BCUT2D eigenvalue weighted by molar-refractivity contribution is 5.92. The van der Waals surface area contributed by atoms with Crippen LogP contribution in [0.3, 0.4) is 0 Å². The molecule has 6 heteroatoms. The van der Waals surface area contributed by atoms with Gasteiger partial charge >= 0.3 is 0 Å². The number of amides is 1. The fraction of sp³-hybridized carbons (Fsp3) is 0.667. The number of aromatic amines is 1. The van der Waals surface area contributed by atoms with Gasteiger partial charge in [0, 0.05) is 18.3 Å². The number of aryl methyl sites for hydroxylation is 1. The van der Waals surface area contributed by atoms with E-state index in [4.69, 9.17) is 5.73 Å². The standard InChI is InChI=1S/C12H22N4O.ClH/c1-4-9-6-11(16-15-9)12(17)14-10(7-13)5-8(2)3;/h6,8,10H,4-5,7,13H2,1-3H3,(H,14,17)(H,15,16);1H. The predicted octanol–water partition coefficient (Wildman–Crippen LogP) is 1.50. The highest BCUT2D eigenvalue weighted by atomic mass is 35.5. The van der Waals surface area contributed by atoms with E-state index < -0.39 is 0 Å². The van der Waals surface area contributed by atoms with E-state index in [0.29, 0.717) is 18.2 Å². The molecular formula is C12H23ClN4O. The summed E-state index contributed by atoms with van der Waals surface area (Å²) in [6, 6.07) is 1.79. The summed E-state index contributed by atoms with van der Waals surface area (Å²) in [5.41, 5.74) is 7.03. The van der Waals surface area contributed by atoms with Crippen molar-refractivity contribution >= 4 is 18.3 Å². The monoisotopic (exact) mass is 274 g/mol. The Morgan fingerprint density at radius 3 is 2.67 bits per heavy atom. The van der Waals surface area contributed by atoms with Gasteiger partial charge in [-0.05, 0) is 24.8 Å². The van der Waals surface area contributed by atoms with Gasteiger partial charge in [-0.3, -0.25) is 9.89 Å². The summed E-state index contributed by atoms with van der Waals surface area (Å²) in [6.07, 6.45) is 1.72. The largest absolute Gasteiger partial charge is 0.347 e. The van der Waals surface area contributed by atoms with Gasteiger partial charge in [0.05, 0.1) is 0 Å². The van der Waals surface area contributed by atoms with Crippen LogP contribution in [0.5, 0.6) is 0 Å². The molecule has 0 saturated heterocycles. The smallest absolute Gasteiger partial charge is 0.272 e. The molecule has 0 aromatic carbocycles. The topological polar surface area (TPSA) is 83.8 Å². The molecule has 0 bridgehead atoms. The quantitative estimate of drug-likeness (QED) is 0.735. The molecule has 1 amide bonds. The van der Waals surface area contributed by atoms with Crippen LogP contribution < -0.4 is 11.1 Å². The number of H-pyrrole nitrogens is 1. The van der Waals surface area contributed by atoms with Crippen LogP contribution in [0.2, 0.25) is 0 Å². The minimum Gasteiger partial charge on any atom is -0.347 e. The molecule has 0 aliphatic rings. The van der Waals surface area contributed by atoms with E-state index in [9.17, 15) is 4.79 Å². The van der Waals surface area contributed by atoms with E-state index in [1.807, 2.05) is 6.92 Å². The van der Waals surface area contributed by atoms with Gasteiger partial charge in [-0.25, -0.2) is 0 Å². The minimum atomic E-state index is -0.156. The number of rotatable bonds is 6. The van der Waals surface area contributed by atoms with E-state index in [-0.39, 0.29) is 24.4 Å². The first-order valence-corrected chi connectivity index (χ1v) is 6.12. The highest BCUT2D eigenvalue weighted by Crippen LogP contribution is 2.05. The predicted molar refractivity (Wildman–Crippen MR) is 75.0 cm³/mol. The number of nitrogens with zero attached hydrogens (tertiary/aromatic N) is 1. The SMILES string of the molecule is CCc1cc(C(=O)NC(CN)CC(C)C)n[nH]1.Cl. The summed E-state index contributed by atoms with van der Waals surface area (Å²) in [6.45, 7) is 6.68. The van der Waals surface area contributed by atoms with Crippen molar-refractivity contribution in [3.05, 3.63) is 17.5 Å². The van der Waals surface area contributed by atoms with Crippen molar-refractivity contribution in [2.45, 2.75) is 39.7 Å². The molecule has 0 spiro atoms. The molecule has 0 saturated carbocycles. The van der Waals surface area contributed by atoms with Gasteiger partial charge in [0.1, 0.15) is 5.69 Å². The Kier molecular flexibility index (Phi) is 7.62. The Morgan fingerprint density at radius 1 is 1.56 bits per heavy atom. The highest BCUT2D eigenvalue weighted by Gasteiger charge is 2.15. The molecule has 1 heterocycles. The Bertz CT molecular complexity index is 365. The lowest BCUT2D eigenvalue weighted by atomic mass is 10.0. The third-order valence-corrected chi connectivity index (χ3v) is 2.62. The average molecular weight is 275 g/mol. The third-order valence-electron chi connectivity index (χ3n) is 2.62. The first-order valence-electron chi connectivity index (χ1n) is 6.12.